The first-order chi connectivity index (χ1) is 9.93. The van der Waals surface area contributed by atoms with Crippen molar-refractivity contribution in [3.63, 3.8) is 0 Å². The number of nitrogens with one attached hydrogen (secondary N) is 1. The van der Waals surface area contributed by atoms with Crippen molar-refractivity contribution in [1.82, 2.24) is 4.90 Å². The van der Waals surface area contributed by atoms with Crippen LogP contribution >= 0.6 is 11.8 Å². The zero-order valence-corrected chi connectivity index (χ0v) is 12.0. The number of carbonyl (C=O) groups excluding carboxylic acids is 1. The van der Waals surface area contributed by atoms with Gasteiger partial charge in [0.2, 0.25) is 0 Å². The Morgan fingerprint density at radius 3 is 2.71 bits per heavy atom. The van der Waals surface area contributed by atoms with Crippen LogP contribution in [-0.4, -0.2) is 39.2 Å². The molecule has 1 fully saturated rings. The number of thioether (sulfide) groups is 1. The molecule has 1 heterocycles. The van der Waals surface area contributed by atoms with E-state index in [4.69, 9.17) is 5.11 Å². The van der Waals surface area contributed by atoms with E-state index in [0.717, 1.165) is 12.1 Å². The Morgan fingerprint density at radius 1 is 1.43 bits per heavy atom. The highest BCUT2D eigenvalue weighted by Gasteiger charge is 2.40. The highest BCUT2D eigenvalue weighted by Crippen LogP contribution is 2.32. The number of carbonyl (C=O) groups is 2. The third-order valence-corrected chi connectivity index (χ3v) is 4.59. The lowest BCUT2D eigenvalue weighted by molar-refractivity contribution is -0.141. The fraction of sp³-hybridized carbons (Fsp3) is 0.385. The molecular weight excluding hydrogens is 302 g/mol. The van der Waals surface area contributed by atoms with Crippen LogP contribution < -0.4 is 5.32 Å². The van der Waals surface area contributed by atoms with Crippen LogP contribution in [-0.2, 0) is 4.79 Å². The minimum Gasteiger partial charge on any atom is -0.480 e. The van der Waals surface area contributed by atoms with E-state index in [9.17, 15) is 18.4 Å². The van der Waals surface area contributed by atoms with Crippen LogP contribution in [0.1, 0.15) is 13.3 Å². The van der Waals surface area contributed by atoms with Gasteiger partial charge >= 0.3 is 12.0 Å². The monoisotopic (exact) mass is 316 g/mol. The molecule has 0 radical (unpaired) electrons. The van der Waals surface area contributed by atoms with Gasteiger partial charge in [-0.25, -0.2) is 18.4 Å². The maximum Gasteiger partial charge on any atom is 0.327 e. The normalized spacial score (nSPS) is 21.4. The highest BCUT2D eigenvalue weighted by molar-refractivity contribution is 8.00. The zero-order chi connectivity index (χ0) is 15.6. The van der Waals surface area contributed by atoms with Gasteiger partial charge in [-0.1, -0.05) is 6.92 Å². The number of benzene rings is 1. The number of hydrogen-bond donors (Lipinski definition) is 2. The number of carboxylic acid groups (broad SMARTS) is 1. The molecule has 1 aromatic carbocycles. The molecule has 0 aliphatic carbocycles. The third kappa shape index (κ3) is 3.26. The quantitative estimate of drug-likeness (QED) is 0.899. The van der Waals surface area contributed by atoms with Crippen LogP contribution in [0.2, 0.25) is 0 Å². The maximum absolute atomic E-state index is 13.1. The third-order valence-electron chi connectivity index (χ3n) is 3.13. The van der Waals surface area contributed by atoms with Gasteiger partial charge in [0.05, 0.1) is 5.37 Å². The van der Waals surface area contributed by atoms with Crippen molar-refractivity contribution in [3.8, 4) is 0 Å². The van der Waals surface area contributed by atoms with E-state index in [1.165, 1.54) is 22.7 Å². The summed E-state index contributed by atoms with van der Waals surface area (Å²) in [5.74, 6) is -2.87. The van der Waals surface area contributed by atoms with E-state index >= 15 is 0 Å². The lowest BCUT2D eigenvalue weighted by Gasteiger charge is -2.26. The van der Waals surface area contributed by atoms with Gasteiger partial charge in [-0.05, 0) is 18.6 Å². The first-order valence-electron chi connectivity index (χ1n) is 6.32. The molecule has 0 spiro atoms. The van der Waals surface area contributed by atoms with Gasteiger partial charge in [-0.3, -0.25) is 4.90 Å². The predicted octanol–water partition coefficient (Wildman–Crippen LogP) is 2.73. The molecule has 5 nitrogen and oxygen atoms in total. The van der Waals surface area contributed by atoms with Crippen LogP contribution in [0.25, 0.3) is 0 Å². The summed E-state index contributed by atoms with van der Waals surface area (Å²) < 4.78 is 26.0. The number of nitrogens with zero attached hydrogens (tertiary/aromatic N) is 1. The molecule has 21 heavy (non-hydrogen) atoms. The molecule has 2 atom stereocenters. The Morgan fingerprint density at radius 2 is 2.14 bits per heavy atom. The second-order valence-corrected chi connectivity index (χ2v) is 5.73. The number of halogens is 2. The van der Waals surface area contributed by atoms with Gasteiger partial charge in [-0.2, -0.15) is 0 Å². The Hall–Kier alpha value is -1.83. The van der Waals surface area contributed by atoms with Crippen molar-refractivity contribution in [1.29, 1.82) is 0 Å². The van der Waals surface area contributed by atoms with Crippen molar-refractivity contribution < 1.29 is 23.5 Å². The van der Waals surface area contributed by atoms with Crippen LogP contribution in [0, 0.1) is 11.6 Å². The Bertz CT molecular complexity index is 570. The van der Waals surface area contributed by atoms with Gasteiger partial charge in [-0.15, -0.1) is 11.8 Å². The van der Waals surface area contributed by atoms with Gasteiger partial charge in [0, 0.05) is 17.5 Å². The second kappa shape index (κ2) is 6.30. The van der Waals surface area contributed by atoms with Gasteiger partial charge in [0.15, 0.2) is 11.6 Å². The summed E-state index contributed by atoms with van der Waals surface area (Å²) >= 11 is 1.38. The molecule has 1 aromatic rings. The van der Waals surface area contributed by atoms with E-state index < -0.39 is 29.7 Å². The Kier molecular flexibility index (Phi) is 4.66. The summed E-state index contributed by atoms with van der Waals surface area (Å²) in [6, 6.07) is 1.41. The van der Waals surface area contributed by atoms with E-state index in [0.29, 0.717) is 12.2 Å². The SMILES string of the molecule is CCC1SCC(C(=O)O)N1C(=O)Nc1ccc(F)c(F)c1. The molecule has 8 heteroatoms. The molecule has 1 saturated heterocycles. The summed E-state index contributed by atoms with van der Waals surface area (Å²) in [5.41, 5.74) is 0.0785. The highest BCUT2D eigenvalue weighted by atomic mass is 32.2. The van der Waals surface area contributed by atoms with Crippen molar-refractivity contribution in [3.05, 3.63) is 29.8 Å². The molecule has 1 aliphatic rings. The molecule has 114 valence electrons. The summed E-state index contributed by atoms with van der Waals surface area (Å²) in [7, 11) is 0. The summed E-state index contributed by atoms with van der Waals surface area (Å²) in [4.78, 5) is 24.6. The summed E-state index contributed by atoms with van der Waals surface area (Å²) in [6.07, 6.45) is 0.597. The molecule has 2 unspecified atom stereocenters. The Balaban J connectivity index is 2.16. The van der Waals surface area contributed by atoms with Crippen molar-refractivity contribution in [2.24, 2.45) is 0 Å². The Labute approximate surface area is 124 Å². The standard InChI is InChI=1S/C13H14F2N2O3S/c1-2-11-17(10(6-21-11)12(18)19)13(20)16-7-3-4-8(14)9(15)5-7/h3-5,10-11H,2,6H2,1H3,(H,16,20)(H,18,19). The smallest absolute Gasteiger partial charge is 0.327 e. The molecule has 0 aromatic heterocycles. The summed E-state index contributed by atoms with van der Waals surface area (Å²) in [6.45, 7) is 1.85. The molecule has 2 rings (SSSR count). The topological polar surface area (TPSA) is 69.6 Å². The fourth-order valence-electron chi connectivity index (χ4n) is 2.10. The molecule has 0 bridgehead atoms. The average Bonchev–Trinajstić information content (AvgIpc) is 2.87. The second-order valence-electron chi connectivity index (χ2n) is 4.52. The van der Waals surface area contributed by atoms with Crippen LogP contribution in [0.3, 0.4) is 0 Å². The summed E-state index contributed by atoms with van der Waals surface area (Å²) in [5, 5.41) is 11.3. The molecular formula is C13H14F2N2O3S. The number of urea groups is 1. The predicted molar refractivity (Wildman–Crippen MR) is 75.2 cm³/mol. The average molecular weight is 316 g/mol. The minimum atomic E-state index is -1.08. The number of anilines is 1. The molecule has 0 saturated carbocycles. The van der Waals surface area contributed by atoms with Crippen molar-refractivity contribution in [2.75, 3.05) is 11.1 Å². The lowest BCUT2D eigenvalue weighted by atomic mass is 10.2. The maximum atomic E-state index is 13.1. The molecule has 2 N–H and O–H groups in total. The van der Waals surface area contributed by atoms with E-state index in [1.807, 2.05) is 6.92 Å². The largest absolute Gasteiger partial charge is 0.480 e. The van der Waals surface area contributed by atoms with Crippen LogP contribution in [0.5, 0.6) is 0 Å². The van der Waals surface area contributed by atoms with E-state index in [2.05, 4.69) is 5.32 Å². The zero-order valence-electron chi connectivity index (χ0n) is 11.2. The minimum absolute atomic E-state index is 0.0785. The van der Waals surface area contributed by atoms with Gasteiger partial charge in [0.1, 0.15) is 6.04 Å². The lowest BCUT2D eigenvalue weighted by Crippen LogP contribution is -2.47. The van der Waals surface area contributed by atoms with E-state index in [1.54, 1.807) is 0 Å². The molecule has 2 amide bonds. The first-order valence-corrected chi connectivity index (χ1v) is 7.37. The van der Waals surface area contributed by atoms with E-state index in [-0.39, 0.29) is 11.1 Å². The van der Waals surface area contributed by atoms with Crippen molar-refractivity contribution >= 4 is 29.4 Å². The van der Waals surface area contributed by atoms with Crippen molar-refractivity contribution in [2.45, 2.75) is 24.8 Å². The number of aliphatic carboxylic acids is 1. The van der Waals surface area contributed by atoms with Gasteiger partial charge in [0.25, 0.3) is 0 Å². The number of hydrogen-bond acceptors (Lipinski definition) is 3. The van der Waals surface area contributed by atoms with Gasteiger partial charge < -0.3 is 10.4 Å². The number of rotatable bonds is 3. The number of carboxylic acids is 1. The first kappa shape index (κ1) is 15.6. The molecule has 1 aliphatic heterocycles. The fourth-order valence-corrected chi connectivity index (χ4v) is 3.45. The van der Waals surface area contributed by atoms with Crippen LogP contribution in [0.15, 0.2) is 18.2 Å². The number of amides is 2. The van der Waals surface area contributed by atoms with Crippen LogP contribution in [0.4, 0.5) is 19.3 Å².